The van der Waals surface area contributed by atoms with Gasteiger partial charge in [-0.2, -0.15) is 0 Å². The van der Waals surface area contributed by atoms with E-state index >= 15 is 0 Å². The fourth-order valence-electron chi connectivity index (χ4n) is 3.06. The van der Waals surface area contributed by atoms with Crippen LogP contribution in [0.2, 0.25) is 0 Å². The third-order valence-corrected chi connectivity index (χ3v) is 4.43. The van der Waals surface area contributed by atoms with E-state index in [1.54, 1.807) is 0 Å². The SMILES string of the molecule is NCCCOC1CCN(C(=O)c2ccc3ccccc3c2)CC1. The fourth-order valence-corrected chi connectivity index (χ4v) is 3.06. The highest BCUT2D eigenvalue weighted by atomic mass is 16.5. The molecule has 2 aromatic rings. The summed E-state index contributed by atoms with van der Waals surface area (Å²) in [5, 5.41) is 2.27. The number of rotatable bonds is 5. The van der Waals surface area contributed by atoms with Crippen LogP contribution in [0.25, 0.3) is 10.8 Å². The second-order valence-corrected chi connectivity index (χ2v) is 6.07. The van der Waals surface area contributed by atoms with Gasteiger partial charge in [-0.05, 0) is 48.7 Å². The van der Waals surface area contributed by atoms with Crippen molar-refractivity contribution in [2.45, 2.75) is 25.4 Å². The van der Waals surface area contributed by atoms with Crippen molar-refractivity contribution in [2.75, 3.05) is 26.2 Å². The van der Waals surface area contributed by atoms with Crippen LogP contribution in [0.15, 0.2) is 42.5 Å². The van der Waals surface area contributed by atoms with Crippen molar-refractivity contribution in [3.63, 3.8) is 0 Å². The molecule has 0 bridgehead atoms. The minimum absolute atomic E-state index is 0.121. The Morgan fingerprint density at radius 2 is 1.87 bits per heavy atom. The Bertz CT molecular complexity index is 663. The Labute approximate surface area is 137 Å². The number of carbonyl (C=O) groups is 1. The van der Waals surface area contributed by atoms with E-state index in [4.69, 9.17) is 10.5 Å². The topological polar surface area (TPSA) is 55.6 Å². The zero-order valence-electron chi connectivity index (χ0n) is 13.4. The van der Waals surface area contributed by atoms with Crippen LogP contribution in [-0.4, -0.2) is 43.2 Å². The molecule has 122 valence electrons. The van der Waals surface area contributed by atoms with E-state index in [9.17, 15) is 4.79 Å². The molecule has 0 atom stereocenters. The van der Waals surface area contributed by atoms with Crippen LogP contribution < -0.4 is 5.73 Å². The van der Waals surface area contributed by atoms with Gasteiger partial charge in [-0.3, -0.25) is 4.79 Å². The van der Waals surface area contributed by atoms with E-state index in [1.807, 2.05) is 41.3 Å². The number of likely N-dealkylation sites (tertiary alicyclic amines) is 1. The maximum absolute atomic E-state index is 12.7. The van der Waals surface area contributed by atoms with E-state index in [1.165, 1.54) is 0 Å². The predicted molar refractivity (Wildman–Crippen MR) is 92.5 cm³/mol. The summed E-state index contributed by atoms with van der Waals surface area (Å²) < 4.78 is 5.80. The quantitative estimate of drug-likeness (QED) is 0.864. The first-order valence-corrected chi connectivity index (χ1v) is 8.37. The number of hydrogen-bond donors (Lipinski definition) is 1. The highest BCUT2D eigenvalue weighted by Gasteiger charge is 2.24. The van der Waals surface area contributed by atoms with Crippen molar-refractivity contribution in [3.8, 4) is 0 Å². The highest BCUT2D eigenvalue weighted by molar-refractivity contribution is 5.98. The number of ether oxygens (including phenoxy) is 1. The molecule has 1 aliphatic rings. The molecule has 3 rings (SSSR count). The number of nitrogens with two attached hydrogens (primary N) is 1. The van der Waals surface area contributed by atoms with Crippen molar-refractivity contribution in [1.82, 2.24) is 4.90 Å². The van der Waals surface area contributed by atoms with Gasteiger partial charge in [0.1, 0.15) is 0 Å². The zero-order chi connectivity index (χ0) is 16.1. The summed E-state index contributed by atoms with van der Waals surface area (Å²) in [6.45, 7) is 2.91. The van der Waals surface area contributed by atoms with Crippen molar-refractivity contribution < 1.29 is 9.53 Å². The maximum atomic E-state index is 12.7. The Morgan fingerprint density at radius 1 is 1.13 bits per heavy atom. The monoisotopic (exact) mass is 312 g/mol. The third-order valence-electron chi connectivity index (χ3n) is 4.43. The number of nitrogens with zero attached hydrogens (tertiary/aromatic N) is 1. The molecule has 0 saturated carbocycles. The minimum Gasteiger partial charge on any atom is -0.378 e. The Balaban J connectivity index is 1.60. The smallest absolute Gasteiger partial charge is 0.253 e. The lowest BCUT2D eigenvalue weighted by Crippen LogP contribution is -2.41. The van der Waals surface area contributed by atoms with Gasteiger partial charge in [0.25, 0.3) is 5.91 Å². The van der Waals surface area contributed by atoms with Gasteiger partial charge < -0.3 is 15.4 Å². The first-order valence-electron chi connectivity index (χ1n) is 8.37. The molecule has 1 fully saturated rings. The summed E-state index contributed by atoms with van der Waals surface area (Å²) >= 11 is 0. The van der Waals surface area contributed by atoms with Crippen LogP contribution in [0, 0.1) is 0 Å². The molecule has 1 heterocycles. The van der Waals surface area contributed by atoms with Crippen LogP contribution in [0.3, 0.4) is 0 Å². The van der Waals surface area contributed by atoms with Crippen LogP contribution >= 0.6 is 0 Å². The second kappa shape index (κ2) is 7.57. The van der Waals surface area contributed by atoms with Crippen LogP contribution in [-0.2, 0) is 4.74 Å². The minimum atomic E-state index is 0.121. The standard InChI is InChI=1S/C19H24N2O2/c20-10-3-13-23-18-8-11-21(12-9-18)19(22)17-7-6-15-4-1-2-5-16(15)14-17/h1-2,4-7,14,18H,3,8-13,20H2. The molecule has 1 amide bonds. The number of piperidine rings is 1. The lowest BCUT2D eigenvalue weighted by atomic mass is 10.0. The Morgan fingerprint density at radius 3 is 2.61 bits per heavy atom. The van der Waals surface area contributed by atoms with Gasteiger partial charge in [0, 0.05) is 25.3 Å². The van der Waals surface area contributed by atoms with Gasteiger partial charge in [-0.15, -0.1) is 0 Å². The molecule has 1 saturated heterocycles. The molecule has 4 heteroatoms. The molecule has 0 radical (unpaired) electrons. The van der Waals surface area contributed by atoms with E-state index in [0.717, 1.165) is 55.3 Å². The van der Waals surface area contributed by atoms with E-state index in [2.05, 4.69) is 6.07 Å². The first kappa shape index (κ1) is 16.0. The predicted octanol–water partition coefficient (Wildman–Crippen LogP) is 2.81. The van der Waals surface area contributed by atoms with Crippen LogP contribution in [0.4, 0.5) is 0 Å². The molecular formula is C19H24N2O2. The molecule has 4 nitrogen and oxygen atoms in total. The lowest BCUT2D eigenvalue weighted by Gasteiger charge is -2.32. The molecule has 23 heavy (non-hydrogen) atoms. The van der Waals surface area contributed by atoms with Crippen molar-refractivity contribution >= 4 is 16.7 Å². The Hall–Kier alpha value is -1.91. The van der Waals surface area contributed by atoms with Gasteiger partial charge in [-0.25, -0.2) is 0 Å². The normalized spacial score (nSPS) is 16.0. The second-order valence-electron chi connectivity index (χ2n) is 6.07. The van der Waals surface area contributed by atoms with Gasteiger partial charge in [-0.1, -0.05) is 30.3 Å². The van der Waals surface area contributed by atoms with E-state index in [0.29, 0.717) is 6.54 Å². The van der Waals surface area contributed by atoms with Crippen LogP contribution in [0.5, 0.6) is 0 Å². The first-order chi connectivity index (χ1) is 11.3. The average molecular weight is 312 g/mol. The van der Waals surface area contributed by atoms with Crippen molar-refractivity contribution in [2.24, 2.45) is 5.73 Å². The van der Waals surface area contributed by atoms with E-state index < -0.39 is 0 Å². The summed E-state index contributed by atoms with van der Waals surface area (Å²) in [6.07, 6.45) is 2.98. The Kier molecular flexibility index (Phi) is 5.26. The summed E-state index contributed by atoms with van der Waals surface area (Å²) in [5.41, 5.74) is 6.25. The molecule has 2 N–H and O–H groups in total. The molecule has 0 aliphatic carbocycles. The summed E-state index contributed by atoms with van der Waals surface area (Å²) in [7, 11) is 0. The molecule has 0 unspecified atom stereocenters. The zero-order valence-corrected chi connectivity index (χ0v) is 13.4. The number of hydrogen-bond acceptors (Lipinski definition) is 3. The molecule has 0 aromatic heterocycles. The number of carbonyl (C=O) groups excluding carboxylic acids is 1. The summed E-state index contributed by atoms with van der Waals surface area (Å²) in [5.74, 6) is 0.121. The van der Waals surface area contributed by atoms with Gasteiger partial charge >= 0.3 is 0 Å². The molecular weight excluding hydrogens is 288 g/mol. The third kappa shape index (κ3) is 3.89. The number of benzene rings is 2. The fraction of sp³-hybridized carbons (Fsp3) is 0.421. The number of amides is 1. The summed E-state index contributed by atoms with van der Waals surface area (Å²) in [6, 6.07) is 14.1. The average Bonchev–Trinajstić information content (AvgIpc) is 2.61. The van der Waals surface area contributed by atoms with E-state index in [-0.39, 0.29) is 12.0 Å². The van der Waals surface area contributed by atoms with Crippen molar-refractivity contribution in [1.29, 1.82) is 0 Å². The molecule has 0 spiro atoms. The molecule has 1 aliphatic heterocycles. The number of fused-ring (bicyclic) bond motifs is 1. The summed E-state index contributed by atoms with van der Waals surface area (Å²) in [4.78, 5) is 14.6. The van der Waals surface area contributed by atoms with Gasteiger partial charge in [0.05, 0.1) is 6.10 Å². The van der Waals surface area contributed by atoms with Crippen molar-refractivity contribution in [3.05, 3.63) is 48.0 Å². The van der Waals surface area contributed by atoms with Gasteiger partial charge in [0.15, 0.2) is 0 Å². The largest absolute Gasteiger partial charge is 0.378 e. The van der Waals surface area contributed by atoms with Crippen LogP contribution in [0.1, 0.15) is 29.6 Å². The molecule has 2 aromatic carbocycles. The maximum Gasteiger partial charge on any atom is 0.253 e. The van der Waals surface area contributed by atoms with Gasteiger partial charge in [0.2, 0.25) is 0 Å². The lowest BCUT2D eigenvalue weighted by molar-refractivity contribution is 0.00845. The highest BCUT2D eigenvalue weighted by Crippen LogP contribution is 2.20.